The molecule has 2 heterocycles. The van der Waals surface area contributed by atoms with Crippen molar-refractivity contribution in [3.63, 3.8) is 0 Å². The van der Waals surface area contributed by atoms with Crippen molar-refractivity contribution in [2.45, 2.75) is 18.4 Å². The fourth-order valence-electron chi connectivity index (χ4n) is 4.37. The predicted molar refractivity (Wildman–Crippen MR) is 116 cm³/mol. The number of nitrogens with one attached hydrogen (secondary N) is 2. The molecule has 2 aromatic carbocycles. The van der Waals surface area contributed by atoms with E-state index in [4.69, 9.17) is 4.74 Å². The Kier molecular flexibility index (Phi) is 5.90. The maximum atomic E-state index is 12.7. The van der Waals surface area contributed by atoms with E-state index in [0.717, 1.165) is 38.2 Å². The molecular weight excluding hydrogens is 380 g/mol. The normalized spacial score (nSPS) is 18.3. The summed E-state index contributed by atoms with van der Waals surface area (Å²) in [4.78, 5) is 29.6. The SMILES string of the molecule is COc1cccc(C(=O)NCCN2CCC3(CC2)C(=O)NCN3c2ccccc2)c1. The van der Waals surface area contributed by atoms with Gasteiger partial charge in [0.05, 0.1) is 13.8 Å². The molecule has 2 aliphatic rings. The largest absolute Gasteiger partial charge is 0.497 e. The van der Waals surface area contributed by atoms with Crippen LogP contribution in [0.3, 0.4) is 0 Å². The highest BCUT2D eigenvalue weighted by Gasteiger charge is 2.50. The highest BCUT2D eigenvalue weighted by Crippen LogP contribution is 2.35. The molecule has 0 atom stereocenters. The first-order valence-electron chi connectivity index (χ1n) is 10.4. The molecule has 0 bridgehead atoms. The molecule has 2 saturated heterocycles. The average molecular weight is 409 g/mol. The van der Waals surface area contributed by atoms with E-state index in [-0.39, 0.29) is 11.8 Å². The fourth-order valence-corrected chi connectivity index (χ4v) is 4.37. The Morgan fingerprint density at radius 3 is 2.63 bits per heavy atom. The summed E-state index contributed by atoms with van der Waals surface area (Å²) in [5, 5.41) is 6.01. The van der Waals surface area contributed by atoms with E-state index in [1.807, 2.05) is 30.3 Å². The Labute approximate surface area is 177 Å². The van der Waals surface area contributed by atoms with Crippen molar-refractivity contribution >= 4 is 17.5 Å². The number of methoxy groups -OCH3 is 1. The van der Waals surface area contributed by atoms with E-state index >= 15 is 0 Å². The lowest BCUT2D eigenvalue weighted by Crippen LogP contribution is -2.57. The molecule has 2 aliphatic heterocycles. The summed E-state index contributed by atoms with van der Waals surface area (Å²) < 4.78 is 5.17. The van der Waals surface area contributed by atoms with E-state index in [9.17, 15) is 9.59 Å². The van der Waals surface area contributed by atoms with Crippen LogP contribution in [0.5, 0.6) is 5.75 Å². The summed E-state index contributed by atoms with van der Waals surface area (Å²) in [6.07, 6.45) is 1.55. The van der Waals surface area contributed by atoms with Crippen molar-refractivity contribution in [3.05, 3.63) is 60.2 Å². The van der Waals surface area contributed by atoms with Crippen LogP contribution < -0.4 is 20.3 Å². The van der Waals surface area contributed by atoms with E-state index in [1.165, 1.54) is 0 Å². The lowest BCUT2D eigenvalue weighted by Gasteiger charge is -2.43. The number of hydrogen-bond donors (Lipinski definition) is 2. The van der Waals surface area contributed by atoms with Gasteiger partial charge in [0.1, 0.15) is 11.3 Å². The third-order valence-corrected chi connectivity index (χ3v) is 6.13. The van der Waals surface area contributed by atoms with E-state index in [1.54, 1.807) is 19.2 Å². The number of anilines is 1. The van der Waals surface area contributed by atoms with Crippen LogP contribution in [-0.2, 0) is 4.79 Å². The maximum absolute atomic E-state index is 12.7. The van der Waals surface area contributed by atoms with Gasteiger partial charge >= 0.3 is 0 Å². The van der Waals surface area contributed by atoms with Gasteiger partial charge in [-0.15, -0.1) is 0 Å². The third kappa shape index (κ3) is 3.98. The molecular formula is C23H28N4O3. The minimum atomic E-state index is -0.471. The number of amides is 2. The van der Waals surface area contributed by atoms with E-state index in [2.05, 4.69) is 32.6 Å². The van der Waals surface area contributed by atoms with Crippen LogP contribution in [0.1, 0.15) is 23.2 Å². The molecule has 1 spiro atoms. The molecule has 2 N–H and O–H groups in total. The van der Waals surface area contributed by atoms with Gasteiger partial charge in [0.15, 0.2) is 0 Å². The number of likely N-dealkylation sites (tertiary alicyclic amines) is 1. The Hall–Kier alpha value is -3.06. The number of ether oxygens (including phenoxy) is 1. The minimum absolute atomic E-state index is 0.104. The van der Waals surface area contributed by atoms with Crippen molar-refractivity contribution < 1.29 is 14.3 Å². The first-order valence-corrected chi connectivity index (χ1v) is 10.4. The summed E-state index contributed by atoms with van der Waals surface area (Å²) in [6.45, 7) is 3.54. The summed E-state index contributed by atoms with van der Waals surface area (Å²) in [5.41, 5.74) is 1.20. The molecule has 2 amide bonds. The third-order valence-electron chi connectivity index (χ3n) is 6.13. The van der Waals surface area contributed by atoms with Gasteiger partial charge in [-0.3, -0.25) is 9.59 Å². The van der Waals surface area contributed by atoms with E-state index < -0.39 is 5.54 Å². The van der Waals surface area contributed by atoms with Crippen LogP contribution in [0.2, 0.25) is 0 Å². The van der Waals surface area contributed by atoms with Crippen LogP contribution in [-0.4, -0.2) is 62.2 Å². The molecule has 30 heavy (non-hydrogen) atoms. The summed E-state index contributed by atoms with van der Waals surface area (Å²) in [6, 6.07) is 17.3. The zero-order chi connectivity index (χ0) is 21.0. The Bertz CT molecular complexity index is 894. The molecule has 0 aromatic heterocycles. The molecule has 0 radical (unpaired) electrons. The van der Waals surface area contributed by atoms with Gasteiger partial charge in [-0.05, 0) is 43.2 Å². The lowest BCUT2D eigenvalue weighted by molar-refractivity contribution is -0.125. The van der Waals surface area contributed by atoms with Crippen molar-refractivity contribution in [1.82, 2.24) is 15.5 Å². The van der Waals surface area contributed by atoms with Gasteiger partial charge in [0, 0.05) is 37.4 Å². The van der Waals surface area contributed by atoms with Gasteiger partial charge in [-0.1, -0.05) is 24.3 Å². The van der Waals surface area contributed by atoms with Crippen molar-refractivity contribution in [1.29, 1.82) is 0 Å². The number of rotatable bonds is 6. The molecule has 7 heteroatoms. The second-order valence-corrected chi connectivity index (χ2v) is 7.79. The van der Waals surface area contributed by atoms with Gasteiger partial charge in [-0.25, -0.2) is 0 Å². The topological polar surface area (TPSA) is 73.9 Å². The van der Waals surface area contributed by atoms with Crippen molar-refractivity contribution in [2.24, 2.45) is 0 Å². The zero-order valence-electron chi connectivity index (χ0n) is 17.3. The molecule has 2 aromatic rings. The summed E-state index contributed by atoms with van der Waals surface area (Å²) >= 11 is 0. The zero-order valence-corrected chi connectivity index (χ0v) is 17.3. The molecule has 4 rings (SSSR count). The maximum Gasteiger partial charge on any atom is 0.251 e. The molecule has 0 aliphatic carbocycles. The summed E-state index contributed by atoms with van der Waals surface area (Å²) in [7, 11) is 1.59. The Morgan fingerprint density at radius 1 is 1.13 bits per heavy atom. The minimum Gasteiger partial charge on any atom is -0.497 e. The molecule has 2 fully saturated rings. The lowest BCUT2D eigenvalue weighted by atomic mass is 9.85. The first-order chi connectivity index (χ1) is 14.6. The predicted octanol–water partition coefficient (Wildman–Crippen LogP) is 1.85. The number of hydrogen-bond acceptors (Lipinski definition) is 5. The van der Waals surface area contributed by atoms with Crippen molar-refractivity contribution in [3.8, 4) is 5.75 Å². The van der Waals surface area contributed by atoms with E-state index in [0.29, 0.717) is 24.5 Å². The fraction of sp³-hybridized carbons (Fsp3) is 0.391. The number of carbonyl (C=O) groups is 2. The number of para-hydroxylation sites is 1. The molecule has 158 valence electrons. The highest BCUT2D eigenvalue weighted by atomic mass is 16.5. The van der Waals surface area contributed by atoms with Crippen LogP contribution in [0.4, 0.5) is 5.69 Å². The van der Waals surface area contributed by atoms with Crippen LogP contribution in [0, 0.1) is 0 Å². The average Bonchev–Trinajstić information content (AvgIpc) is 3.11. The first kappa shape index (κ1) is 20.2. The van der Waals surface area contributed by atoms with Gasteiger partial charge in [0.25, 0.3) is 5.91 Å². The quantitative estimate of drug-likeness (QED) is 0.763. The Balaban J connectivity index is 1.30. The molecule has 0 unspecified atom stereocenters. The van der Waals surface area contributed by atoms with Gasteiger partial charge in [0.2, 0.25) is 5.91 Å². The standard InChI is InChI=1S/C23H28N4O3/c1-30-20-9-5-6-18(16-20)21(28)24-12-15-26-13-10-23(11-14-26)22(29)25-17-27(23)19-7-3-2-4-8-19/h2-9,16H,10-15,17H2,1H3,(H,24,28)(H,25,29). The molecule has 7 nitrogen and oxygen atoms in total. The van der Waals surface area contributed by atoms with Gasteiger partial charge < -0.3 is 25.2 Å². The van der Waals surface area contributed by atoms with Crippen LogP contribution >= 0.6 is 0 Å². The van der Waals surface area contributed by atoms with Crippen molar-refractivity contribution in [2.75, 3.05) is 44.9 Å². The van der Waals surface area contributed by atoms with Gasteiger partial charge in [-0.2, -0.15) is 0 Å². The highest BCUT2D eigenvalue weighted by molar-refractivity contribution is 5.94. The smallest absolute Gasteiger partial charge is 0.251 e. The van der Waals surface area contributed by atoms with Crippen LogP contribution in [0.25, 0.3) is 0 Å². The monoisotopic (exact) mass is 408 g/mol. The Morgan fingerprint density at radius 2 is 1.90 bits per heavy atom. The number of nitrogens with zero attached hydrogens (tertiary/aromatic N) is 2. The second kappa shape index (κ2) is 8.75. The molecule has 0 saturated carbocycles. The second-order valence-electron chi connectivity index (χ2n) is 7.79. The van der Waals surface area contributed by atoms with Crippen LogP contribution in [0.15, 0.2) is 54.6 Å². The number of piperidine rings is 1. The summed E-state index contributed by atoms with van der Waals surface area (Å²) in [5.74, 6) is 0.687. The number of carbonyl (C=O) groups excluding carboxylic acids is 2. The number of benzene rings is 2.